The number of rotatable bonds is 3. The van der Waals surface area contributed by atoms with Gasteiger partial charge in [0, 0.05) is 32.3 Å². The summed E-state index contributed by atoms with van der Waals surface area (Å²) in [4.78, 5) is 12.8. The van der Waals surface area contributed by atoms with Crippen molar-refractivity contribution in [1.29, 1.82) is 0 Å². The fourth-order valence-corrected chi connectivity index (χ4v) is 1.48. The molecule has 0 aromatic rings. The van der Waals surface area contributed by atoms with Gasteiger partial charge >= 0.3 is 12.2 Å². The lowest BCUT2D eigenvalue weighted by Crippen LogP contribution is -2.44. The fraction of sp³-hybridized carbons (Fsp3) is 0.700. The maximum Gasteiger partial charge on any atom is 0.412 e. The van der Waals surface area contributed by atoms with Gasteiger partial charge in [-0.25, -0.2) is 4.79 Å². The molecule has 17 heavy (non-hydrogen) atoms. The molecule has 0 saturated heterocycles. The topological polar surface area (TPSA) is 41.6 Å². The molecule has 1 aliphatic heterocycles. The van der Waals surface area contributed by atoms with Crippen LogP contribution in [0.1, 0.15) is 6.42 Å². The molecule has 0 spiro atoms. The summed E-state index contributed by atoms with van der Waals surface area (Å²) in [6.45, 7) is 0.808. The van der Waals surface area contributed by atoms with Crippen molar-refractivity contribution in [3.63, 3.8) is 0 Å². The number of halogens is 3. The van der Waals surface area contributed by atoms with E-state index in [4.69, 9.17) is 4.74 Å². The van der Waals surface area contributed by atoms with E-state index in [9.17, 15) is 18.0 Å². The minimum Gasteiger partial charge on any atom is -0.383 e. The summed E-state index contributed by atoms with van der Waals surface area (Å²) in [6.07, 6.45) is -3.38. The molecule has 0 aromatic heterocycles. The van der Waals surface area contributed by atoms with Crippen LogP contribution in [0.5, 0.6) is 0 Å². The van der Waals surface area contributed by atoms with Crippen molar-refractivity contribution >= 4 is 6.03 Å². The second-order valence-electron chi connectivity index (χ2n) is 3.65. The first-order valence-electron chi connectivity index (χ1n) is 5.23. The first-order chi connectivity index (χ1) is 7.95. The van der Waals surface area contributed by atoms with Gasteiger partial charge in [-0.2, -0.15) is 13.2 Å². The normalized spacial score (nSPS) is 16.7. The summed E-state index contributed by atoms with van der Waals surface area (Å²) < 4.78 is 41.7. The lowest BCUT2D eigenvalue weighted by atomic mass is 10.1. The Hall–Kier alpha value is -1.24. The van der Waals surface area contributed by atoms with Gasteiger partial charge in [0.1, 0.15) is 0 Å². The number of amides is 2. The number of hydrogen-bond acceptors (Lipinski definition) is 2. The number of nitrogens with zero attached hydrogens (tertiary/aromatic N) is 1. The summed E-state index contributed by atoms with van der Waals surface area (Å²) in [6, 6.07) is -0.362. The van der Waals surface area contributed by atoms with Gasteiger partial charge in [0.25, 0.3) is 0 Å². The van der Waals surface area contributed by atoms with Crippen molar-refractivity contribution in [2.45, 2.75) is 12.6 Å². The van der Waals surface area contributed by atoms with Gasteiger partial charge in [-0.05, 0) is 6.42 Å². The Balaban J connectivity index is 2.41. The van der Waals surface area contributed by atoms with E-state index in [0.717, 1.165) is 6.08 Å². The summed E-state index contributed by atoms with van der Waals surface area (Å²) in [5.74, 6) is 0. The molecular formula is C10H15F3N2O2. The minimum atomic E-state index is -4.28. The van der Waals surface area contributed by atoms with E-state index in [-0.39, 0.29) is 25.5 Å². The van der Waals surface area contributed by atoms with Crippen LogP contribution in [0.4, 0.5) is 18.0 Å². The molecule has 0 radical (unpaired) electrons. The molecule has 0 unspecified atom stereocenters. The highest BCUT2D eigenvalue weighted by atomic mass is 19.4. The highest BCUT2D eigenvalue weighted by molar-refractivity contribution is 5.74. The van der Waals surface area contributed by atoms with Crippen LogP contribution < -0.4 is 5.32 Å². The molecule has 0 aliphatic carbocycles. The summed E-state index contributed by atoms with van der Waals surface area (Å²) >= 11 is 0. The Kier molecular flexibility index (Phi) is 4.80. The van der Waals surface area contributed by atoms with Crippen LogP contribution in [0, 0.1) is 0 Å². The Morgan fingerprint density at radius 2 is 2.29 bits per heavy atom. The van der Waals surface area contributed by atoms with Crippen LogP contribution in [0.15, 0.2) is 11.6 Å². The smallest absolute Gasteiger partial charge is 0.383 e. The average molecular weight is 252 g/mol. The van der Waals surface area contributed by atoms with Crippen molar-refractivity contribution < 1.29 is 22.7 Å². The first-order valence-corrected chi connectivity index (χ1v) is 5.23. The van der Waals surface area contributed by atoms with Crippen LogP contribution in [-0.2, 0) is 4.74 Å². The van der Waals surface area contributed by atoms with Crippen LogP contribution in [0.3, 0.4) is 0 Å². The third-order valence-electron chi connectivity index (χ3n) is 2.44. The highest BCUT2D eigenvalue weighted by Crippen LogP contribution is 2.29. The van der Waals surface area contributed by atoms with Gasteiger partial charge in [-0.3, -0.25) is 0 Å². The number of ether oxygens (including phenoxy) is 1. The Morgan fingerprint density at radius 3 is 2.76 bits per heavy atom. The zero-order chi connectivity index (χ0) is 12.9. The monoisotopic (exact) mass is 252 g/mol. The Labute approximate surface area is 97.4 Å². The first kappa shape index (κ1) is 13.8. The lowest BCUT2D eigenvalue weighted by molar-refractivity contribution is -0.0956. The Morgan fingerprint density at radius 1 is 1.59 bits per heavy atom. The molecule has 0 atom stereocenters. The van der Waals surface area contributed by atoms with Gasteiger partial charge in [-0.1, -0.05) is 6.08 Å². The Bertz CT molecular complexity index is 302. The molecule has 2 amide bonds. The molecule has 1 aliphatic rings. The van der Waals surface area contributed by atoms with Crippen molar-refractivity contribution in [2.75, 3.05) is 33.4 Å². The van der Waals surface area contributed by atoms with Crippen molar-refractivity contribution in [3.05, 3.63) is 11.6 Å². The number of methoxy groups -OCH3 is 1. The number of alkyl halides is 3. The quantitative estimate of drug-likeness (QED) is 0.611. The van der Waals surface area contributed by atoms with Gasteiger partial charge in [-0.15, -0.1) is 0 Å². The summed E-state index contributed by atoms with van der Waals surface area (Å²) in [5.41, 5.74) is -0.557. The highest BCUT2D eigenvalue weighted by Gasteiger charge is 2.35. The summed E-state index contributed by atoms with van der Waals surface area (Å²) in [5, 5.41) is 2.56. The van der Waals surface area contributed by atoms with E-state index >= 15 is 0 Å². The van der Waals surface area contributed by atoms with E-state index in [1.54, 1.807) is 0 Å². The fourth-order valence-electron chi connectivity index (χ4n) is 1.48. The number of carbonyl (C=O) groups excluding carboxylic acids is 1. The van der Waals surface area contributed by atoms with Crippen molar-refractivity contribution in [3.8, 4) is 0 Å². The largest absolute Gasteiger partial charge is 0.412 e. The lowest BCUT2D eigenvalue weighted by Gasteiger charge is -2.27. The standard InChI is InChI=1S/C10H15F3N2O2/c1-17-7-4-14-9(16)15-5-2-8(3-6-15)10(11,12)13/h2H,3-7H2,1H3,(H,14,16). The molecule has 4 nitrogen and oxygen atoms in total. The molecule has 0 bridgehead atoms. The maximum absolute atomic E-state index is 12.3. The molecule has 0 fully saturated rings. The molecule has 7 heteroatoms. The number of nitrogens with one attached hydrogen (secondary N) is 1. The van der Waals surface area contributed by atoms with Gasteiger partial charge in [0.15, 0.2) is 0 Å². The van der Waals surface area contributed by atoms with E-state index in [1.807, 2.05) is 0 Å². The van der Waals surface area contributed by atoms with Crippen molar-refractivity contribution in [1.82, 2.24) is 10.2 Å². The van der Waals surface area contributed by atoms with E-state index in [1.165, 1.54) is 12.0 Å². The second-order valence-corrected chi connectivity index (χ2v) is 3.65. The third kappa shape index (κ3) is 4.26. The predicted octanol–water partition coefficient (Wildman–Crippen LogP) is 1.54. The SMILES string of the molecule is COCCNC(=O)N1CC=C(C(F)(F)F)CC1. The van der Waals surface area contributed by atoms with E-state index < -0.39 is 11.7 Å². The van der Waals surface area contributed by atoms with Gasteiger partial charge in [0.05, 0.1) is 6.61 Å². The zero-order valence-electron chi connectivity index (χ0n) is 9.51. The molecule has 98 valence electrons. The van der Waals surface area contributed by atoms with Crippen LogP contribution in [-0.4, -0.2) is 50.5 Å². The molecule has 1 rings (SSSR count). The van der Waals surface area contributed by atoms with Crippen LogP contribution in [0.25, 0.3) is 0 Å². The average Bonchev–Trinajstić information content (AvgIpc) is 2.28. The van der Waals surface area contributed by atoms with Crippen molar-refractivity contribution in [2.24, 2.45) is 0 Å². The number of hydrogen-bond donors (Lipinski definition) is 1. The zero-order valence-corrected chi connectivity index (χ0v) is 9.51. The van der Waals surface area contributed by atoms with E-state index in [2.05, 4.69) is 5.32 Å². The van der Waals surface area contributed by atoms with Gasteiger partial charge < -0.3 is 15.0 Å². The van der Waals surface area contributed by atoms with E-state index in [0.29, 0.717) is 13.2 Å². The molecule has 1 N–H and O–H groups in total. The molecule has 0 saturated carbocycles. The maximum atomic E-state index is 12.3. The number of urea groups is 1. The third-order valence-corrected chi connectivity index (χ3v) is 2.44. The van der Waals surface area contributed by atoms with Crippen LogP contribution >= 0.6 is 0 Å². The van der Waals surface area contributed by atoms with Gasteiger partial charge in [0.2, 0.25) is 0 Å². The predicted molar refractivity (Wildman–Crippen MR) is 55.6 cm³/mol. The summed E-state index contributed by atoms with van der Waals surface area (Å²) in [7, 11) is 1.51. The molecule has 0 aromatic carbocycles. The number of carbonyl (C=O) groups is 1. The van der Waals surface area contributed by atoms with Crippen LogP contribution in [0.2, 0.25) is 0 Å². The molecular weight excluding hydrogens is 237 g/mol. The molecule has 1 heterocycles. The minimum absolute atomic E-state index is 0.00629. The second kappa shape index (κ2) is 5.90.